The molecular weight excluding hydrogens is 260 g/mol. The van der Waals surface area contributed by atoms with Crippen LogP contribution in [0.25, 0.3) is 0 Å². The van der Waals surface area contributed by atoms with Crippen LogP contribution in [0.1, 0.15) is 44.5 Å². The Morgan fingerprint density at radius 2 is 2.33 bits per heavy atom. The molecule has 0 fully saturated rings. The number of nitrogens with one attached hydrogen (secondary N) is 1. The number of aliphatic imine (C=N–C) groups is 1. The zero-order valence-electron chi connectivity index (χ0n) is 11.3. The fourth-order valence-corrected chi connectivity index (χ4v) is 4.25. The summed E-state index contributed by atoms with van der Waals surface area (Å²) in [6, 6.07) is 4.74. The number of thiophene rings is 1. The molecule has 100 valence electrons. The first kappa shape index (κ1) is 13.9. The third-order valence-electron chi connectivity index (χ3n) is 3.12. The van der Waals surface area contributed by atoms with Gasteiger partial charge >= 0.3 is 0 Å². The molecule has 1 aliphatic rings. The van der Waals surface area contributed by atoms with Crippen LogP contribution in [0.15, 0.2) is 22.5 Å². The number of amidine groups is 1. The fourth-order valence-electron chi connectivity index (χ4n) is 2.14. The smallest absolute Gasteiger partial charge is 0.157 e. The van der Waals surface area contributed by atoms with Crippen LogP contribution in [0.3, 0.4) is 0 Å². The Bertz CT molecular complexity index is 385. The Balaban J connectivity index is 1.95. The molecule has 1 aliphatic heterocycles. The van der Waals surface area contributed by atoms with Crippen molar-refractivity contribution < 1.29 is 0 Å². The van der Waals surface area contributed by atoms with E-state index in [0.29, 0.717) is 17.2 Å². The average Bonchev–Trinajstić information content (AvgIpc) is 2.96. The molecule has 0 saturated heterocycles. The Morgan fingerprint density at radius 3 is 2.94 bits per heavy atom. The van der Waals surface area contributed by atoms with E-state index < -0.39 is 0 Å². The lowest BCUT2D eigenvalue weighted by atomic mass is 10.0. The van der Waals surface area contributed by atoms with Crippen molar-refractivity contribution in [3.05, 3.63) is 22.4 Å². The minimum Gasteiger partial charge on any atom is -0.357 e. The summed E-state index contributed by atoms with van der Waals surface area (Å²) in [5.41, 5.74) is 0. The largest absolute Gasteiger partial charge is 0.357 e. The van der Waals surface area contributed by atoms with Gasteiger partial charge in [-0.25, -0.2) is 0 Å². The van der Waals surface area contributed by atoms with Gasteiger partial charge in [0.05, 0.1) is 12.6 Å². The normalized spacial score (nSPS) is 21.1. The quantitative estimate of drug-likeness (QED) is 0.870. The maximum atomic E-state index is 4.64. The van der Waals surface area contributed by atoms with E-state index in [2.05, 4.69) is 48.6 Å². The highest BCUT2D eigenvalue weighted by atomic mass is 32.2. The number of hydrogen-bond acceptors (Lipinski definition) is 4. The van der Waals surface area contributed by atoms with Crippen molar-refractivity contribution in [2.75, 3.05) is 6.54 Å². The second-order valence-corrected chi connectivity index (χ2v) is 7.32. The van der Waals surface area contributed by atoms with Gasteiger partial charge in [-0.3, -0.25) is 4.99 Å². The monoisotopic (exact) mass is 282 g/mol. The maximum absolute atomic E-state index is 4.64. The lowest BCUT2D eigenvalue weighted by molar-refractivity contribution is 0.481. The highest BCUT2D eigenvalue weighted by Crippen LogP contribution is 2.30. The molecule has 0 saturated carbocycles. The molecule has 0 aromatic carbocycles. The Morgan fingerprint density at radius 1 is 1.50 bits per heavy atom. The van der Waals surface area contributed by atoms with E-state index in [-0.39, 0.29) is 0 Å². The Kier molecular flexibility index (Phi) is 5.13. The first-order chi connectivity index (χ1) is 8.70. The lowest BCUT2D eigenvalue weighted by Gasteiger charge is -2.22. The second kappa shape index (κ2) is 6.62. The minimum atomic E-state index is 0.400. The van der Waals surface area contributed by atoms with Crippen LogP contribution in [0.2, 0.25) is 0 Å². The van der Waals surface area contributed by atoms with E-state index in [1.54, 1.807) is 0 Å². The molecule has 2 rings (SSSR count). The molecule has 1 aromatic rings. The number of hydrogen-bond donors (Lipinski definition) is 1. The average molecular weight is 282 g/mol. The molecule has 1 N–H and O–H groups in total. The van der Waals surface area contributed by atoms with Crippen LogP contribution in [0.5, 0.6) is 0 Å². The predicted octanol–water partition coefficient (Wildman–Crippen LogP) is 4.31. The number of nitrogens with zero attached hydrogens (tertiary/aromatic N) is 1. The summed E-state index contributed by atoms with van der Waals surface area (Å²) in [5.74, 6) is 0.581. The van der Waals surface area contributed by atoms with Crippen LogP contribution < -0.4 is 5.32 Å². The fraction of sp³-hybridized carbons (Fsp3) is 0.643. The van der Waals surface area contributed by atoms with Gasteiger partial charge in [-0.2, -0.15) is 0 Å². The minimum absolute atomic E-state index is 0.400. The zero-order valence-corrected chi connectivity index (χ0v) is 13.0. The van der Waals surface area contributed by atoms with Crippen LogP contribution in [-0.2, 0) is 0 Å². The number of rotatable bonds is 5. The van der Waals surface area contributed by atoms with Gasteiger partial charge in [0, 0.05) is 10.1 Å². The van der Waals surface area contributed by atoms with Crippen LogP contribution in [0.4, 0.5) is 0 Å². The van der Waals surface area contributed by atoms with Crippen molar-refractivity contribution in [1.29, 1.82) is 0 Å². The summed E-state index contributed by atoms with van der Waals surface area (Å²) >= 11 is 3.75. The van der Waals surface area contributed by atoms with Crippen LogP contribution in [0, 0.1) is 5.92 Å². The van der Waals surface area contributed by atoms with Gasteiger partial charge in [0.15, 0.2) is 5.17 Å². The summed E-state index contributed by atoms with van der Waals surface area (Å²) in [6.07, 6.45) is 2.52. The standard InChI is InChI=1S/C14H22N2S2/c1-4-6-11-9-15-14(18-11)16-13(10(2)3)12-7-5-8-17-12/h5,7-8,10-11,13H,4,6,9H2,1-3H3,(H,15,16). The SMILES string of the molecule is CCCC1CN=C(NC(c2cccs2)C(C)C)S1. The van der Waals surface area contributed by atoms with E-state index in [9.17, 15) is 0 Å². The molecule has 4 heteroatoms. The summed E-state index contributed by atoms with van der Waals surface area (Å²) in [5, 5.41) is 7.61. The molecule has 2 unspecified atom stereocenters. The van der Waals surface area contributed by atoms with Crippen molar-refractivity contribution in [3.8, 4) is 0 Å². The Labute approximate surface area is 118 Å². The van der Waals surface area contributed by atoms with Gasteiger partial charge in [-0.15, -0.1) is 11.3 Å². The predicted molar refractivity (Wildman–Crippen MR) is 83.6 cm³/mol. The summed E-state index contributed by atoms with van der Waals surface area (Å²) in [6.45, 7) is 7.76. The van der Waals surface area contributed by atoms with Gasteiger partial charge in [0.2, 0.25) is 0 Å². The first-order valence-electron chi connectivity index (χ1n) is 6.71. The number of thioether (sulfide) groups is 1. The van der Waals surface area contributed by atoms with Crippen molar-refractivity contribution in [2.45, 2.75) is 44.9 Å². The highest BCUT2D eigenvalue weighted by Gasteiger charge is 2.23. The molecule has 1 aromatic heterocycles. The van der Waals surface area contributed by atoms with Crippen molar-refractivity contribution in [2.24, 2.45) is 10.9 Å². The molecular formula is C14H22N2S2. The molecule has 2 heterocycles. The van der Waals surface area contributed by atoms with Gasteiger partial charge in [-0.05, 0) is 23.8 Å². The van der Waals surface area contributed by atoms with Gasteiger partial charge < -0.3 is 5.32 Å². The highest BCUT2D eigenvalue weighted by molar-refractivity contribution is 8.14. The van der Waals surface area contributed by atoms with E-state index in [0.717, 1.165) is 11.7 Å². The summed E-state index contributed by atoms with van der Waals surface area (Å²) in [7, 11) is 0. The molecule has 0 radical (unpaired) electrons. The van der Waals surface area contributed by atoms with E-state index in [1.165, 1.54) is 17.7 Å². The van der Waals surface area contributed by atoms with Crippen molar-refractivity contribution >= 4 is 28.3 Å². The molecule has 2 nitrogen and oxygen atoms in total. The van der Waals surface area contributed by atoms with Crippen molar-refractivity contribution in [1.82, 2.24) is 5.32 Å². The lowest BCUT2D eigenvalue weighted by Crippen LogP contribution is -2.28. The van der Waals surface area contributed by atoms with Crippen molar-refractivity contribution in [3.63, 3.8) is 0 Å². The van der Waals surface area contributed by atoms with Gasteiger partial charge in [0.1, 0.15) is 0 Å². The molecule has 0 amide bonds. The molecule has 2 atom stereocenters. The summed E-state index contributed by atoms with van der Waals surface area (Å²) < 4.78 is 0. The molecule has 0 aliphatic carbocycles. The Hall–Kier alpha value is -0.480. The molecule has 0 spiro atoms. The van der Waals surface area contributed by atoms with Gasteiger partial charge in [0.25, 0.3) is 0 Å². The maximum Gasteiger partial charge on any atom is 0.157 e. The van der Waals surface area contributed by atoms with E-state index >= 15 is 0 Å². The zero-order chi connectivity index (χ0) is 13.0. The molecule has 0 bridgehead atoms. The van der Waals surface area contributed by atoms with Gasteiger partial charge in [-0.1, -0.05) is 45.0 Å². The van der Waals surface area contributed by atoms with E-state index in [1.807, 2.05) is 23.1 Å². The van der Waals surface area contributed by atoms with E-state index in [4.69, 9.17) is 0 Å². The first-order valence-corrected chi connectivity index (χ1v) is 8.47. The second-order valence-electron chi connectivity index (χ2n) is 5.06. The molecule has 18 heavy (non-hydrogen) atoms. The topological polar surface area (TPSA) is 24.4 Å². The third-order valence-corrected chi connectivity index (χ3v) is 5.27. The van der Waals surface area contributed by atoms with Crippen LogP contribution in [-0.4, -0.2) is 17.0 Å². The third kappa shape index (κ3) is 3.51. The van der Waals surface area contributed by atoms with Crippen LogP contribution >= 0.6 is 23.1 Å². The summed E-state index contributed by atoms with van der Waals surface area (Å²) in [4.78, 5) is 6.05.